The number of halogens is 1. The van der Waals surface area contributed by atoms with Crippen molar-refractivity contribution in [3.8, 4) is 0 Å². The summed E-state index contributed by atoms with van der Waals surface area (Å²) in [7, 11) is 0. The number of unbranched alkanes of at least 4 members (excludes halogenated alkanes) is 2. The van der Waals surface area contributed by atoms with Crippen molar-refractivity contribution < 1.29 is 10.2 Å². The summed E-state index contributed by atoms with van der Waals surface area (Å²) in [5, 5.41) is 17.1. The molecule has 0 heterocycles. The highest BCUT2D eigenvalue weighted by Gasteiger charge is 1.99. The third-order valence-electron chi connectivity index (χ3n) is 1.37. The first-order chi connectivity index (χ1) is 4.81. The van der Waals surface area contributed by atoms with Crippen molar-refractivity contribution in [2.75, 3.05) is 13.2 Å². The number of aliphatic hydroxyl groups excluding tert-OH is 2. The Hall–Kier alpha value is 0.650. The Morgan fingerprint density at radius 1 is 1.10 bits per heavy atom. The zero-order chi connectivity index (χ0) is 7.82. The van der Waals surface area contributed by atoms with Crippen molar-refractivity contribution in [2.24, 2.45) is 0 Å². The maximum absolute atomic E-state index is 8.63. The lowest BCUT2D eigenvalue weighted by atomic mass is 10.1. The lowest BCUT2D eigenvalue weighted by Gasteiger charge is -2.03. The smallest absolute Gasteiger partial charge is 0.0548 e. The van der Waals surface area contributed by atoms with Crippen LogP contribution in [0.5, 0.6) is 0 Å². The quantitative estimate of drug-likeness (QED) is 0.428. The number of alkyl halides is 1. The van der Waals surface area contributed by atoms with Gasteiger partial charge in [-0.15, -0.1) is 0 Å². The predicted molar refractivity (Wildman–Crippen MR) is 50.4 cm³/mol. The fourth-order valence-electron chi connectivity index (χ4n) is 0.746. The minimum absolute atomic E-state index is 0.277. The van der Waals surface area contributed by atoms with Crippen LogP contribution in [0.4, 0.5) is 0 Å². The van der Waals surface area contributed by atoms with Crippen LogP contribution < -0.4 is 0 Å². The minimum atomic E-state index is 0.277. The van der Waals surface area contributed by atoms with Crippen LogP contribution in [0.2, 0.25) is 0 Å². The summed E-state index contributed by atoms with van der Waals surface area (Å²) < 4.78 is 0.399. The lowest BCUT2D eigenvalue weighted by molar-refractivity contribution is 0.277. The molecule has 1 unspecified atom stereocenters. The summed E-state index contributed by atoms with van der Waals surface area (Å²) in [4.78, 5) is 0. The second kappa shape index (κ2) is 7.75. The molecule has 0 aromatic carbocycles. The Labute approximate surface area is 75.8 Å². The second-order valence-corrected chi connectivity index (χ2v) is 4.11. The van der Waals surface area contributed by atoms with E-state index in [0.29, 0.717) is 10.5 Å². The van der Waals surface area contributed by atoms with Crippen molar-refractivity contribution in [3.63, 3.8) is 0 Å². The van der Waals surface area contributed by atoms with Crippen molar-refractivity contribution in [2.45, 2.75) is 29.6 Å². The molecule has 10 heavy (non-hydrogen) atoms. The molecule has 0 fully saturated rings. The normalized spacial score (nSPS) is 13.5. The minimum Gasteiger partial charge on any atom is -0.396 e. The molecule has 0 radical (unpaired) electrons. The van der Waals surface area contributed by atoms with Crippen molar-refractivity contribution >= 4 is 22.6 Å². The zero-order valence-corrected chi connectivity index (χ0v) is 8.25. The molecular formula is C7H15IO2. The van der Waals surface area contributed by atoms with Gasteiger partial charge in [-0.2, -0.15) is 0 Å². The molecule has 2 nitrogen and oxygen atoms in total. The molecule has 0 spiro atoms. The summed E-state index contributed by atoms with van der Waals surface area (Å²) >= 11 is 2.24. The highest BCUT2D eigenvalue weighted by atomic mass is 127. The lowest BCUT2D eigenvalue weighted by Crippen LogP contribution is -2.02. The van der Waals surface area contributed by atoms with Crippen LogP contribution in [0.3, 0.4) is 0 Å². The van der Waals surface area contributed by atoms with Crippen LogP contribution in [0, 0.1) is 0 Å². The van der Waals surface area contributed by atoms with Gasteiger partial charge in [-0.1, -0.05) is 35.4 Å². The van der Waals surface area contributed by atoms with E-state index in [0.717, 1.165) is 25.7 Å². The summed E-state index contributed by atoms with van der Waals surface area (Å²) in [5.41, 5.74) is 0. The molecule has 0 rings (SSSR count). The maximum atomic E-state index is 8.63. The Morgan fingerprint density at radius 2 is 1.80 bits per heavy atom. The highest BCUT2D eigenvalue weighted by Crippen LogP contribution is 2.10. The van der Waals surface area contributed by atoms with E-state index in [-0.39, 0.29) is 6.61 Å². The Kier molecular flexibility index (Phi) is 8.26. The first-order valence-electron chi connectivity index (χ1n) is 3.67. The summed E-state index contributed by atoms with van der Waals surface area (Å²) in [6, 6.07) is 0. The molecule has 0 amide bonds. The molecule has 1 atom stereocenters. The van der Waals surface area contributed by atoms with Crippen LogP contribution in [0.25, 0.3) is 0 Å². The highest BCUT2D eigenvalue weighted by molar-refractivity contribution is 14.1. The first-order valence-corrected chi connectivity index (χ1v) is 4.91. The molecule has 0 saturated carbocycles. The topological polar surface area (TPSA) is 40.5 Å². The summed E-state index contributed by atoms with van der Waals surface area (Å²) in [5.74, 6) is 0. The largest absolute Gasteiger partial charge is 0.396 e. The molecule has 0 aliphatic heterocycles. The Morgan fingerprint density at radius 3 is 2.30 bits per heavy atom. The second-order valence-electron chi connectivity index (χ2n) is 2.35. The van der Waals surface area contributed by atoms with E-state index in [1.54, 1.807) is 0 Å². The van der Waals surface area contributed by atoms with Crippen LogP contribution in [0.1, 0.15) is 25.7 Å². The summed E-state index contributed by atoms with van der Waals surface area (Å²) in [6.45, 7) is 0.574. The molecular weight excluding hydrogens is 243 g/mol. The maximum Gasteiger partial charge on any atom is 0.0548 e. The van der Waals surface area contributed by atoms with Crippen molar-refractivity contribution in [1.29, 1.82) is 0 Å². The van der Waals surface area contributed by atoms with Gasteiger partial charge >= 0.3 is 0 Å². The third kappa shape index (κ3) is 6.77. The number of aliphatic hydroxyl groups is 2. The van der Waals surface area contributed by atoms with Gasteiger partial charge in [0.1, 0.15) is 0 Å². The van der Waals surface area contributed by atoms with Gasteiger partial charge in [-0.05, 0) is 12.8 Å². The fourth-order valence-corrected chi connectivity index (χ4v) is 1.19. The van der Waals surface area contributed by atoms with Gasteiger partial charge in [-0.25, -0.2) is 0 Å². The van der Waals surface area contributed by atoms with Crippen LogP contribution >= 0.6 is 22.6 Å². The van der Waals surface area contributed by atoms with Gasteiger partial charge in [0.25, 0.3) is 0 Å². The molecule has 0 aromatic heterocycles. The summed E-state index contributed by atoms with van der Waals surface area (Å²) in [6.07, 6.45) is 4.16. The third-order valence-corrected chi connectivity index (χ3v) is 2.39. The SMILES string of the molecule is OCCCCCC(I)CO. The monoisotopic (exact) mass is 258 g/mol. The molecule has 0 bridgehead atoms. The molecule has 0 saturated heterocycles. The Bertz CT molecular complexity index is 68.6. The molecule has 2 N–H and O–H groups in total. The molecule has 3 heteroatoms. The fraction of sp³-hybridized carbons (Fsp3) is 1.00. The van der Waals surface area contributed by atoms with Crippen molar-refractivity contribution in [3.05, 3.63) is 0 Å². The van der Waals surface area contributed by atoms with Crippen LogP contribution in [0.15, 0.2) is 0 Å². The predicted octanol–water partition coefficient (Wildman–Crippen LogP) is 1.33. The standard InChI is InChI=1S/C7H15IO2/c8-7(6-10)4-2-1-3-5-9/h7,9-10H,1-6H2. The van der Waals surface area contributed by atoms with Crippen LogP contribution in [-0.4, -0.2) is 27.4 Å². The molecule has 0 aliphatic rings. The molecule has 62 valence electrons. The molecule has 0 aromatic rings. The first kappa shape index (κ1) is 10.7. The van der Waals surface area contributed by atoms with E-state index < -0.39 is 0 Å². The zero-order valence-electron chi connectivity index (χ0n) is 6.09. The number of rotatable bonds is 6. The average Bonchev–Trinajstić information content (AvgIpc) is 1.98. The van der Waals surface area contributed by atoms with E-state index in [9.17, 15) is 0 Å². The van der Waals surface area contributed by atoms with E-state index in [2.05, 4.69) is 22.6 Å². The van der Waals surface area contributed by atoms with E-state index in [4.69, 9.17) is 10.2 Å². The van der Waals surface area contributed by atoms with E-state index in [1.165, 1.54) is 0 Å². The van der Waals surface area contributed by atoms with Crippen molar-refractivity contribution in [1.82, 2.24) is 0 Å². The number of hydrogen-bond donors (Lipinski definition) is 2. The van der Waals surface area contributed by atoms with Gasteiger partial charge in [0.05, 0.1) is 6.61 Å². The van der Waals surface area contributed by atoms with E-state index >= 15 is 0 Å². The molecule has 0 aliphatic carbocycles. The Balaban J connectivity index is 2.89. The van der Waals surface area contributed by atoms with Gasteiger partial charge in [0.15, 0.2) is 0 Å². The number of hydrogen-bond acceptors (Lipinski definition) is 2. The van der Waals surface area contributed by atoms with Gasteiger partial charge in [0.2, 0.25) is 0 Å². The van der Waals surface area contributed by atoms with Crippen LogP contribution in [-0.2, 0) is 0 Å². The average molecular weight is 258 g/mol. The van der Waals surface area contributed by atoms with Gasteiger partial charge < -0.3 is 10.2 Å². The van der Waals surface area contributed by atoms with Gasteiger partial charge in [-0.3, -0.25) is 0 Å². The van der Waals surface area contributed by atoms with E-state index in [1.807, 2.05) is 0 Å². The van der Waals surface area contributed by atoms with Gasteiger partial charge in [0, 0.05) is 10.5 Å².